The van der Waals surface area contributed by atoms with E-state index < -0.39 is 0 Å². The molecule has 74 valence electrons. The molecular weight excluding hydrogens is 190 g/mol. The van der Waals surface area contributed by atoms with Crippen molar-refractivity contribution < 1.29 is 0 Å². The van der Waals surface area contributed by atoms with Crippen LogP contribution in [0.1, 0.15) is 31.3 Å². The van der Waals surface area contributed by atoms with E-state index in [1.807, 2.05) is 0 Å². The summed E-state index contributed by atoms with van der Waals surface area (Å²) in [6.45, 7) is 8.76. The lowest BCUT2D eigenvalue weighted by Crippen LogP contribution is -2.11. The van der Waals surface area contributed by atoms with Crippen molar-refractivity contribution in [3.63, 3.8) is 0 Å². The Morgan fingerprint density at radius 1 is 1.21 bits per heavy atom. The highest BCUT2D eigenvalue weighted by molar-refractivity contribution is 7.18. The van der Waals surface area contributed by atoms with Crippen LogP contribution in [0.2, 0.25) is 0 Å². The van der Waals surface area contributed by atoms with Gasteiger partial charge in [0.15, 0.2) is 0 Å². The number of aryl methyl sites for hydroxylation is 1. The highest BCUT2D eigenvalue weighted by Crippen LogP contribution is 2.31. The Morgan fingerprint density at radius 3 is 2.57 bits per heavy atom. The molecule has 0 unspecified atom stereocenters. The molecule has 1 heterocycles. The van der Waals surface area contributed by atoms with Crippen molar-refractivity contribution in [2.24, 2.45) is 0 Å². The van der Waals surface area contributed by atoms with Crippen molar-refractivity contribution in [2.45, 2.75) is 33.1 Å². The van der Waals surface area contributed by atoms with Gasteiger partial charge in [-0.2, -0.15) is 0 Å². The third-order valence-corrected chi connectivity index (χ3v) is 3.27. The Balaban J connectivity index is 2.77. The van der Waals surface area contributed by atoms with Crippen LogP contribution in [0.25, 0.3) is 10.2 Å². The van der Waals surface area contributed by atoms with Crippen LogP contribution in [0.3, 0.4) is 0 Å². The number of benzene rings is 1. The molecule has 2 aromatic rings. The number of rotatable bonds is 0. The van der Waals surface area contributed by atoms with Crippen LogP contribution < -0.4 is 0 Å². The molecule has 1 aromatic heterocycles. The zero-order chi connectivity index (χ0) is 10.3. The summed E-state index contributed by atoms with van der Waals surface area (Å²) < 4.78 is 1.30. The predicted molar refractivity (Wildman–Crippen MR) is 63.1 cm³/mol. The van der Waals surface area contributed by atoms with E-state index in [9.17, 15) is 0 Å². The Hall–Kier alpha value is -0.890. The fraction of sp³-hybridized carbons (Fsp3) is 0.417. The van der Waals surface area contributed by atoms with Crippen molar-refractivity contribution in [3.05, 3.63) is 28.8 Å². The van der Waals surface area contributed by atoms with Gasteiger partial charge in [0, 0.05) is 0 Å². The summed E-state index contributed by atoms with van der Waals surface area (Å²) in [5.74, 6) is 0. The van der Waals surface area contributed by atoms with Gasteiger partial charge in [-0.3, -0.25) is 0 Å². The van der Waals surface area contributed by atoms with Crippen molar-refractivity contribution in [2.75, 3.05) is 0 Å². The molecule has 2 heteroatoms. The van der Waals surface area contributed by atoms with Crippen LogP contribution >= 0.6 is 11.3 Å². The zero-order valence-electron chi connectivity index (χ0n) is 9.09. The molecule has 14 heavy (non-hydrogen) atoms. The second-order valence-electron chi connectivity index (χ2n) is 4.64. The summed E-state index contributed by atoms with van der Waals surface area (Å²) in [5, 5.41) is 1.15. The molecule has 0 saturated carbocycles. The van der Waals surface area contributed by atoms with Crippen molar-refractivity contribution in [3.8, 4) is 0 Å². The second-order valence-corrected chi connectivity index (χ2v) is 5.87. The van der Waals surface area contributed by atoms with Crippen LogP contribution in [0.4, 0.5) is 0 Å². The molecule has 0 fully saturated rings. The fourth-order valence-electron chi connectivity index (χ4n) is 1.66. The molecule has 0 bridgehead atoms. The smallest absolute Gasteiger partial charge is 0.0907 e. The average molecular weight is 205 g/mol. The maximum Gasteiger partial charge on any atom is 0.0907 e. The van der Waals surface area contributed by atoms with Gasteiger partial charge in [0.05, 0.1) is 15.2 Å². The first-order chi connectivity index (χ1) is 6.48. The summed E-state index contributed by atoms with van der Waals surface area (Å²) in [7, 11) is 0. The summed E-state index contributed by atoms with van der Waals surface area (Å²) in [6, 6.07) is 6.46. The Morgan fingerprint density at radius 2 is 1.93 bits per heavy atom. The molecule has 0 aliphatic rings. The predicted octanol–water partition coefficient (Wildman–Crippen LogP) is 3.90. The topological polar surface area (TPSA) is 12.9 Å². The molecular formula is C12H15NS. The summed E-state index contributed by atoms with van der Waals surface area (Å²) in [6.07, 6.45) is 0. The first-order valence-corrected chi connectivity index (χ1v) is 5.67. The van der Waals surface area contributed by atoms with Crippen molar-refractivity contribution >= 4 is 21.6 Å². The van der Waals surface area contributed by atoms with Crippen LogP contribution in [0.15, 0.2) is 18.2 Å². The minimum atomic E-state index is 0.181. The van der Waals surface area contributed by atoms with Gasteiger partial charge in [0.2, 0.25) is 0 Å². The monoisotopic (exact) mass is 205 g/mol. The van der Waals surface area contributed by atoms with Crippen LogP contribution in [-0.2, 0) is 5.41 Å². The SMILES string of the molecule is Cc1nc2c(C(C)(C)C)cccc2s1. The van der Waals surface area contributed by atoms with Gasteiger partial charge in [0.25, 0.3) is 0 Å². The minimum absolute atomic E-state index is 0.181. The van der Waals surface area contributed by atoms with Gasteiger partial charge in [0.1, 0.15) is 0 Å². The van der Waals surface area contributed by atoms with E-state index in [4.69, 9.17) is 0 Å². The molecule has 0 N–H and O–H groups in total. The molecule has 0 aliphatic heterocycles. The van der Waals surface area contributed by atoms with Crippen molar-refractivity contribution in [1.82, 2.24) is 4.98 Å². The first-order valence-electron chi connectivity index (χ1n) is 4.85. The van der Waals surface area contributed by atoms with Gasteiger partial charge in [-0.1, -0.05) is 32.9 Å². The zero-order valence-corrected chi connectivity index (χ0v) is 9.90. The summed E-state index contributed by atoms with van der Waals surface area (Å²) in [5.41, 5.74) is 2.71. The molecule has 0 aliphatic carbocycles. The summed E-state index contributed by atoms with van der Waals surface area (Å²) in [4.78, 5) is 4.60. The molecule has 0 radical (unpaired) electrons. The lowest BCUT2D eigenvalue weighted by molar-refractivity contribution is 0.595. The average Bonchev–Trinajstić information content (AvgIpc) is 2.41. The molecule has 1 aromatic carbocycles. The van der Waals surface area contributed by atoms with E-state index in [1.165, 1.54) is 15.8 Å². The molecule has 0 spiro atoms. The Bertz CT molecular complexity index is 463. The molecule has 0 atom stereocenters. The Kier molecular flexibility index (Phi) is 2.11. The number of nitrogens with zero attached hydrogens (tertiary/aromatic N) is 1. The number of aromatic nitrogens is 1. The van der Waals surface area contributed by atoms with Crippen molar-refractivity contribution in [1.29, 1.82) is 0 Å². The Labute approximate surface area is 88.8 Å². The third kappa shape index (κ3) is 1.55. The number of para-hydroxylation sites is 1. The van der Waals surface area contributed by atoms with Gasteiger partial charge in [-0.15, -0.1) is 11.3 Å². The van der Waals surface area contributed by atoms with E-state index in [-0.39, 0.29) is 5.41 Å². The molecule has 2 rings (SSSR count). The number of hydrogen-bond donors (Lipinski definition) is 0. The van der Waals surface area contributed by atoms with Gasteiger partial charge in [-0.05, 0) is 24.0 Å². The van der Waals surface area contributed by atoms with Gasteiger partial charge >= 0.3 is 0 Å². The van der Waals surface area contributed by atoms with Crippen LogP contribution in [-0.4, -0.2) is 4.98 Å². The van der Waals surface area contributed by atoms with Crippen LogP contribution in [0, 0.1) is 6.92 Å². The fourth-order valence-corrected chi connectivity index (χ4v) is 2.52. The lowest BCUT2D eigenvalue weighted by Gasteiger charge is -2.19. The van der Waals surface area contributed by atoms with E-state index >= 15 is 0 Å². The molecule has 1 nitrogen and oxygen atoms in total. The van der Waals surface area contributed by atoms with Gasteiger partial charge < -0.3 is 0 Å². The lowest BCUT2D eigenvalue weighted by atomic mass is 9.86. The third-order valence-electron chi connectivity index (χ3n) is 2.33. The number of hydrogen-bond acceptors (Lipinski definition) is 2. The standard InChI is InChI=1S/C12H15NS/c1-8-13-11-9(12(2,3)4)6-5-7-10(11)14-8/h5-7H,1-4H3. The highest BCUT2D eigenvalue weighted by atomic mass is 32.1. The van der Waals surface area contributed by atoms with E-state index in [0.29, 0.717) is 0 Å². The van der Waals surface area contributed by atoms with E-state index in [2.05, 4.69) is 50.9 Å². The van der Waals surface area contributed by atoms with E-state index in [1.54, 1.807) is 11.3 Å². The maximum absolute atomic E-state index is 4.60. The molecule has 0 amide bonds. The number of fused-ring (bicyclic) bond motifs is 1. The largest absolute Gasteiger partial charge is 0.241 e. The number of thiazole rings is 1. The van der Waals surface area contributed by atoms with Gasteiger partial charge in [-0.25, -0.2) is 4.98 Å². The van der Waals surface area contributed by atoms with E-state index in [0.717, 1.165) is 5.01 Å². The maximum atomic E-state index is 4.60. The second kappa shape index (κ2) is 3.06. The summed E-state index contributed by atoms with van der Waals surface area (Å²) >= 11 is 1.77. The highest BCUT2D eigenvalue weighted by Gasteiger charge is 2.18. The van der Waals surface area contributed by atoms with Crippen LogP contribution in [0.5, 0.6) is 0 Å². The minimum Gasteiger partial charge on any atom is -0.241 e. The quantitative estimate of drug-likeness (QED) is 0.635. The molecule has 0 saturated heterocycles. The first kappa shape index (κ1) is 9.66. The normalized spacial score (nSPS) is 12.3.